The molecule has 0 radical (unpaired) electrons. The Morgan fingerprint density at radius 2 is 1.95 bits per heavy atom. The van der Waals surface area contributed by atoms with Crippen LogP contribution in [0.1, 0.15) is 22.8 Å². The second-order valence-corrected chi connectivity index (χ2v) is 4.47. The van der Waals surface area contributed by atoms with Crippen LogP contribution >= 0.6 is 0 Å². The zero-order valence-electron chi connectivity index (χ0n) is 11.2. The number of carbonyl (C=O) groups is 1. The second kappa shape index (κ2) is 6.19. The zero-order chi connectivity index (χ0) is 14.5. The molecule has 0 bridgehead atoms. The van der Waals surface area contributed by atoms with Crippen LogP contribution in [0.5, 0.6) is 0 Å². The van der Waals surface area contributed by atoms with Gasteiger partial charge in [0.2, 0.25) is 0 Å². The number of nitrogens with zero attached hydrogens (tertiary/aromatic N) is 1. The summed E-state index contributed by atoms with van der Waals surface area (Å²) in [5, 5.41) is 8.99. The minimum atomic E-state index is -0.958. The van der Waals surface area contributed by atoms with Crippen LogP contribution < -0.4 is 4.90 Å². The largest absolute Gasteiger partial charge is 0.478 e. The summed E-state index contributed by atoms with van der Waals surface area (Å²) in [5.74, 6) is -1.23. The number of carboxylic acids is 1. The van der Waals surface area contributed by atoms with Gasteiger partial charge in [0, 0.05) is 13.1 Å². The van der Waals surface area contributed by atoms with Crippen LogP contribution in [-0.2, 0) is 6.54 Å². The van der Waals surface area contributed by atoms with Crippen LogP contribution in [0.3, 0.4) is 0 Å². The Kier molecular flexibility index (Phi) is 4.35. The van der Waals surface area contributed by atoms with Gasteiger partial charge in [0.15, 0.2) is 0 Å². The predicted molar refractivity (Wildman–Crippen MR) is 76.5 cm³/mol. The van der Waals surface area contributed by atoms with Crippen molar-refractivity contribution in [2.24, 2.45) is 0 Å². The molecule has 0 aromatic heterocycles. The van der Waals surface area contributed by atoms with E-state index in [1.807, 2.05) is 17.9 Å². The maximum absolute atomic E-state index is 13.8. The number of rotatable bonds is 5. The number of benzene rings is 2. The van der Waals surface area contributed by atoms with E-state index in [-0.39, 0.29) is 11.4 Å². The molecule has 0 atom stereocenters. The Labute approximate surface area is 117 Å². The van der Waals surface area contributed by atoms with Gasteiger partial charge in [-0.05, 0) is 36.8 Å². The molecule has 0 amide bonds. The summed E-state index contributed by atoms with van der Waals surface area (Å²) in [4.78, 5) is 12.8. The molecule has 2 aromatic rings. The maximum atomic E-state index is 13.8. The first-order valence-electron chi connectivity index (χ1n) is 6.43. The molecule has 0 saturated carbocycles. The number of para-hydroxylation sites is 1. The first kappa shape index (κ1) is 14.1. The molecule has 20 heavy (non-hydrogen) atoms. The van der Waals surface area contributed by atoms with E-state index in [4.69, 9.17) is 5.11 Å². The molecule has 2 aromatic carbocycles. The number of hydrogen-bond acceptors (Lipinski definition) is 2. The molecular formula is C16H16FNO2. The number of carboxylic acid groups (broad SMARTS) is 1. The lowest BCUT2D eigenvalue weighted by Gasteiger charge is -2.23. The highest BCUT2D eigenvalue weighted by molar-refractivity contribution is 5.87. The van der Waals surface area contributed by atoms with Crippen molar-refractivity contribution in [2.45, 2.75) is 13.5 Å². The highest BCUT2D eigenvalue weighted by Gasteiger charge is 2.11. The van der Waals surface area contributed by atoms with Gasteiger partial charge in [-0.1, -0.05) is 24.3 Å². The van der Waals surface area contributed by atoms with Crippen molar-refractivity contribution in [1.29, 1.82) is 0 Å². The SMILES string of the molecule is CCN(Cc1cccc(C(=O)O)c1)c1ccccc1F. The summed E-state index contributed by atoms with van der Waals surface area (Å²) in [6.07, 6.45) is 0. The third-order valence-electron chi connectivity index (χ3n) is 3.12. The Balaban J connectivity index is 2.25. The molecule has 104 valence electrons. The summed E-state index contributed by atoms with van der Waals surface area (Å²) in [7, 11) is 0. The quantitative estimate of drug-likeness (QED) is 0.905. The molecule has 0 aliphatic heterocycles. The zero-order valence-corrected chi connectivity index (χ0v) is 11.2. The lowest BCUT2D eigenvalue weighted by molar-refractivity contribution is 0.0696. The molecule has 0 heterocycles. The second-order valence-electron chi connectivity index (χ2n) is 4.47. The number of anilines is 1. The average Bonchev–Trinajstić information content (AvgIpc) is 2.46. The maximum Gasteiger partial charge on any atom is 0.335 e. The molecule has 0 unspecified atom stereocenters. The third-order valence-corrected chi connectivity index (χ3v) is 3.12. The molecule has 0 saturated heterocycles. The van der Waals surface area contributed by atoms with Gasteiger partial charge >= 0.3 is 5.97 Å². The molecule has 1 N–H and O–H groups in total. The number of aromatic carboxylic acids is 1. The van der Waals surface area contributed by atoms with Gasteiger partial charge in [0.25, 0.3) is 0 Å². The molecule has 3 nitrogen and oxygen atoms in total. The van der Waals surface area contributed by atoms with E-state index in [9.17, 15) is 9.18 Å². The van der Waals surface area contributed by atoms with E-state index in [1.165, 1.54) is 6.07 Å². The molecule has 0 fully saturated rings. The summed E-state index contributed by atoms with van der Waals surface area (Å²) < 4.78 is 13.8. The lowest BCUT2D eigenvalue weighted by atomic mass is 10.1. The summed E-state index contributed by atoms with van der Waals surface area (Å²) in [6.45, 7) is 3.05. The van der Waals surface area contributed by atoms with E-state index in [1.54, 1.807) is 36.4 Å². The van der Waals surface area contributed by atoms with E-state index in [0.29, 0.717) is 18.8 Å². The molecule has 0 aliphatic rings. The van der Waals surface area contributed by atoms with Crippen LogP contribution in [0.4, 0.5) is 10.1 Å². The van der Waals surface area contributed by atoms with Gasteiger partial charge in [-0.15, -0.1) is 0 Å². The van der Waals surface area contributed by atoms with Gasteiger partial charge in [-0.2, -0.15) is 0 Å². The average molecular weight is 273 g/mol. The molecule has 4 heteroatoms. The van der Waals surface area contributed by atoms with Crippen LogP contribution in [-0.4, -0.2) is 17.6 Å². The third kappa shape index (κ3) is 3.15. The summed E-state index contributed by atoms with van der Waals surface area (Å²) >= 11 is 0. The van der Waals surface area contributed by atoms with Crippen molar-refractivity contribution >= 4 is 11.7 Å². The van der Waals surface area contributed by atoms with Crippen LogP contribution in [0.2, 0.25) is 0 Å². The van der Waals surface area contributed by atoms with Crippen molar-refractivity contribution in [3.63, 3.8) is 0 Å². The van der Waals surface area contributed by atoms with Crippen molar-refractivity contribution in [3.8, 4) is 0 Å². The molecule has 0 aliphatic carbocycles. The van der Waals surface area contributed by atoms with E-state index >= 15 is 0 Å². The van der Waals surface area contributed by atoms with Gasteiger partial charge < -0.3 is 10.0 Å². The Morgan fingerprint density at radius 1 is 1.20 bits per heavy atom. The van der Waals surface area contributed by atoms with Gasteiger partial charge in [-0.25, -0.2) is 9.18 Å². The first-order valence-corrected chi connectivity index (χ1v) is 6.43. The topological polar surface area (TPSA) is 40.5 Å². The Bertz CT molecular complexity index is 613. The van der Waals surface area contributed by atoms with Crippen molar-refractivity contribution in [3.05, 3.63) is 65.5 Å². The monoisotopic (exact) mass is 273 g/mol. The molecule has 0 spiro atoms. The van der Waals surface area contributed by atoms with Gasteiger partial charge in [0.1, 0.15) is 5.82 Å². The number of hydrogen-bond donors (Lipinski definition) is 1. The van der Waals surface area contributed by atoms with E-state index in [2.05, 4.69) is 0 Å². The van der Waals surface area contributed by atoms with E-state index < -0.39 is 5.97 Å². The standard InChI is InChI=1S/C16H16FNO2/c1-2-18(15-9-4-3-8-14(15)17)11-12-6-5-7-13(10-12)16(19)20/h3-10H,2,11H2,1H3,(H,19,20). The van der Waals surface area contributed by atoms with E-state index in [0.717, 1.165) is 5.56 Å². The molecule has 2 rings (SSSR count). The highest BCUT2D eigenvalue weighted by atomic mass is 19.1. The van der Waals surface area contributed by atoms with Crippen LogP contribution in [0.15, 0.2) is 48.5 Å². The normalized spacial score (nSPS) is 10.3. The molecular weight excluding hydrogens is 257 g/mol. The Hall–Kier alpha value is -2.36. The summed E-state index contributed by atoms with van der Waals surface area (Å²) in [6, 6.07) is 13.3. The highest BCUT2D eigenvalue weighted by Crippen LogP contribution is 2.21. The van der Waals surface area contributed by atoms with Gasteiger partial charge in [-0.3, -0.25) is 0 Å². The van der Waals surface area contributed by atoms with Crippen molar-refractivity contribution < 1.29 is 14.3 Å². The lowest BCUT2D eigenvalue weighted by Crippen LogP contribution is -2.23. The van der Waals surface area contributed by atoms with Crippen LogP contribution in [0, 0.1) is 5.82 Å². The first-order chi connectivity index (χ1) is 9.61. The minimum Gasteiger partial charge on any atom is -0.478 e. The number of halogens is 1. The van der Waals surface area contributed by atoms with Gasteiger partial charge in [0.05, 0.1) is 11.3 Å². The minimum absolute atomic E-state index is 0.243. The predicted octanol–water partition coefficient (Wildman–Crippen LogP) is 3.55. The Morgan fingerprint density at radius 3 is 2.60 bits per heavy atom. The fourth-order valence-corrected chi connectivity index (χ4v) is 2.10. The van der Waals surface area contributed by atoms with Crippen LogP contribution in [0.25, 0.3) is 0 Å². The van der Waals surface area contributed by atoms with Crippen molar-refractivity contribution in [2.75, 3.05) is 11.4 Å². The van der Waals surface area contributed by atoms with Crippen molar-refractivity contribution in [1.82, 2.24) is 0 Å². The fraction of sp³-hybridized carbons (Fsp3) is 0.188. The fourth-order valence-electron chi connectivity index (χ4n) is 2.10. The summed E-state index contributed by atoms with van der Waals surface area (Å²) in [5.41, 5.74) is 1.61. The smallest absolute Gasteiger partial charge is 0.335 e.